The predicted molar refractivity (Wildman–Crippen MR) is 164 cm³/mol. The number of amides is 3. The number of unbranched alkanes of at least 4 members (excludes halogenated alkanes) is 3. The maximum absolute atomic E-state index is 13.0. The number of carbonyl (C=O) groups is 3. The first kappa shape index (κ1) is 32.3. The van der Waals surface area contributed by atoms with E-state index in [1.54, 1.807) is 11.0 Å². The van der Waals surface area contributed by atoms with E-state index in [0.29, 0.717) is 25.2 Å². The van der Waals surface area contributed by atoms with E-state index in [-0.39, 0.29) is 22.9 Å². The van der Waals surface area contributed by atoms with Crippen LogP contribution in [-0.2, 0) is 6.42 Å². The maximum atomic E-state index is 13.0. The first-order chi connectivity index (χ1) is 19.3. The van der Waals surface area contributed by atoms with Gasteiger partial charge >= 0.3 is 0 Å². The minimum atomic E-state index is -0.658. The summed E-state index contributed by atoms with van der Waals surface area (Å²) < 4.78 is 0. The summed E-state index contributed by atoms with van der Waals surface area (Å²) in [6.07, 6.45) is 6.86. The molecule has 0 saturated carbocycles. The molecule has 0 fully saturated rings. The normalized spacial score (nSPS) is 10.3. The van der Waals surface area contributed by atoms with Gasteiger partial charge in [0, 0.05) is 36.3 Å². The van der Waals surface area contributed by atoms with E-state index in [4.69, 9.17) is 5.73 Å². The molecule has 0 saturated heterocycles. The quantitative estimate of drug-likeness (QED) is 0.225. The second kappa shape index (κ2) is 18.4. The molecular weight excluding hydrogens is 498 g/mol. The van der Waals surface area contributed by atoms with Crippen LogP contribution in [0.25, 0.3) is 0 Å². The van der Waals surface area contributed by atoms with Crippen LogP contribution in [0.2, 0.25) is 0 Å². The van der Waals surface area contributed by atoms with Gasteiger partial charge in [-0.3, -0.25) is 14.4 Å². The molecule has 0 atom stereocenters. The summed E-state index contributed by atoms with van der Waals surface area (Å²) in [4.78, 5) is 39.2. The molecule has 0 aliphatic carbocycles. The van der Waals surface area contributed by atoms with E-state index < -0.39 is 5.91 Å². The number of rotatable bonds is 14. The van der Waals surface area contributed by atoms with Crippen molar-refractivity contribution in [1.82, 2.24) is 10.2 Å². The van der Waals surface area contributed by atoms with Gasteiger partial charge < -0.3 is 16.0 Å². The molecule has 3 amide bonds. The Hall–Kier alpha value is -3.93. The lowest BCUT2D eigenvalue weighted by atomic mass is 10.0. The summed E-state index contributed by atoms with van der Waals surface area (Å²) in [6, 6.07) is 25.2. The SMILES string of the molecule is CCCN(CCC)C(=O)c1cc(C(N)=O)cc(C(=O)NCCCCCCc2ccccc2)c1.Cc1ccccc1. The van der Waals surface area contributed by atoms with Crippen LogP contribution in [0.5, 0.6) is 0 Å². The molecule has 0 aliphatic heterocycles. The van der Waals surface area contributed by atoms with Crippen LogP contribution in [-0.4, -0.2) is 42.3 Å². The van der Waals surface area contributed by atoms with Gasteiger partial charge in [0.15, 0.2) is 0 Å². The van der Waals surface area contributed by atoms with Crippen LogP contribution >= 0.6 is 0 Å². The lowest BCUT2D eigenvalue weighted by molar-refractivity contribution is 0.0755. The molecule has 0 heterocycles. The predicted octanol–water partition coefficient (Wildman–Crippen LogP) is 6.58. The molecular formula is C34H45N3O3. The summed E-state index contributed by atoms with van der Waals surface area (Å²) in [5, 5.41) is 2.90. The van der Waals surface area contributed by atoms with Gasteiger partial charge in [0.05, 0.1) is 0 Å². The van der Waals surface area contributed by atoms with E-state index in [2.05, 4.69) is 48.6 Å². The minimum Gasteiger partial charge on any atom is -0.366 e. The summed E-state index contributed by atoms with van der Waals surface area (Å²) in [5.41, 5.74) is 8.90. The Labute approximate surface area is 240 Å². The van der Waals surface area contributed by atoms with Crippen LogP contribution < -0.4 is 11.1 Å². The van der Waals surface area contributed by atoms with Crippen molar-refractivity contribution in [2.45, 2.75) is 65.7 Å². The lowest BCUT2D eigenvalue weighted by Gasteiger charge is -2.22. The van der Waals surface area contributed by atoms with Crippen molar-refractivity contribution in [3.05, 3.63) is 107 Å². The van der Waals surface area contributed by atoms with E-state index in [1.165, 1.54) is 23.3 Å². The molecule has 214 valence electrons. The van der Waals surface area contributed by atoms with E-state index >= 15 is 0 Å². The number of primary amides is 1. The number of nitrogens with zero attached hydrogens (tertiary/aromatic N) is 1. The molecule has 3 N–H and O–H groups in total. The maximum Gasteiger partial charge on any atom is 0.253 e. The van der Waals surface area contributed by atoms with Gasteiger partial charge in [-0.15, -0.1) is 0 Å². The van der Waals surface area contributed by atoms with Gasteiger partial charge in [-0.1, -0.05) is 92.9 Å². The average Bonchev–Trinajstić information content (AvgIpc) is 2.97. The van der Waals surface area contributed by atoms with Crippen molar-refractivity contribution in [2.75, 3.05) is 19.6 Å². The van der Waals surface area contributed by atoms with Crippen LogP contribution in [0.4, 0.5) is 0 Å². The molecule has 6 heteroatoms. The zero-order valence-corrected chi connectivity index (χ0v) is 24.3. The fourth-order valence-electron chi connectivity index (χ4n) is 4.35. The second-order valence-electron chi connectivity index (χ2n) is 10.0. The van der Waals surface area contributed by atoms with Crippen molar-refractivity contribution in [2.24, 2.45) is 5.73 Å². The van der Waals surface area contributed by atoms with Crippen molar-refractivity contribution in [1.29, 1.82) is 0 Å². The van der Waals surface area contributed by atoms with E-state index in [9.17, 15) is 14.4 Å². The Morgan fingerprint density at radius 2 is 1.27 bits per heavy atom. The molecule has 40 heavy (non-hydrogen) atoms. The molecule has 0 aromatic heterocycles. The average molecular weight is 544 g/mol. The van der Waals surface area contributed by atoms with Gasteiger partial charge in [-0.25, -0.2) is 0 Å². The first-order valence-corrected chi connectivity index (χ1v) is 14.4. The van der Waals surface area contributed by atoms with Gasteiger partial charge in [0.25, 0.3) is 11.8 Å². The highest BCUT2D eigenvalue weighted by molar-refractivity contribution is 6.04. The smallest absolute Gasteiger partial charge is 0.253 e. The Bertz CT molecular complexity index is 1170. The fraction of sp³-hybridized carbons (Fsp3) is 0.382. The fourth-order valence-corrected chi connectivity index (χ4v) is 4.35. The van der Waals surface area contributed by atoms with Crippen molar-refractivity contribution in [3.63, 3.8) is 0 Å². The highest BCUT2D eigenvalue weighted by atomic mass is 16.2. The summed E-state index contributed by atoms with van der Waals surface area (Å²) in [5.74, 6) is -1.14. The molecule has 0 aliphatic rings. The highest BCUT2D eigenvalue weighted by Gasteiger charge is 2.19. The largest absolute Gasteiger partial charge is 0.366 e. The number of hydrogen-bond donors (Lipinski definition) is 2. The Morgan fingerprint density at radius 3 is 1.82 bits per heavy atom. The molecule has 0 unspecified atom stereocenters. The van der Waals surface area contributed by atoms with Crippen LogP contribution in [0.3, 0.4) is 0 Å². The lowest BCUT2D eigenvalue weighted by Crippen LogP contribution is -2.33. The standard InChI is InChI=1S/C27H37N3O3.C7H8/c1-3-16-30(17-4-2)27(33)24-19-22(25(28)31)18-23(20-24)26(32)29-15-11-6-5-8-12-21-13-9-7-10-14-21;1-7-5-3-2-4-6-7/h7,9-10,13-14,18-20H,3-6,8,11-12,15-17H2,1-2H3,(H2,28,31)(H,29,32);2-6H,1H3. The Balaban J connectivity index is 0.000000693. The third kappa shape index (κ3) is 11.9. The van der Waals surface area contributed by atoms with Gasteiger partial charge in [0.1, 0.15) is 0 Å². The number of hydrogen-bond acceptors (Lipinski definition) is 3. The van der Waals surface area contributed by atoms with Crippen molar-refractivity contribution in [3.8, 4) is 0 Å². The van der Waals surface area contributed by atoms with Crippen LogP contribution in [0, 0.1) is 6.92 Å². The number of benzene rings is 3. The van der Waals surface area contributed by atoms with Gasteiger partial charge in [-0.2, -0.15) is 0 Å². The van der Waals surface area contributed by atoms with Gasteiger partial charge in [0.2, 0.25) is 5.91 Å². The monoisotopic (exact) mass is 543 g/mol. The Kier molecular flexibility index (Phi) is 14.8. The molecule has 3 aromatic rings. The topological polar surface area (TPSA) is 92.5 Å². The Morgan fingerprint density at radius 1 is 0.725 bits per heavy atom. The van der Waals surface area contributed by atoms with Gasteiger partial charge in [-0.05, 0) is 62.8 Å². The molecule has 0 radical (unpaired) electrons. The van der Waals surface area contributed by atoms with Crippen LogP contribution in [0.15, 0.2) is 78.9 Å². The number of nitrogens with one attached hydrogen (secondary N) is 1. The molecule has 6 nitrogen and oxygen atoms in total. The molecule has 0 spiro atoms. The van der Waals surface area contributed by atoms with Crippen LogP contribution in [0.1, 0.15) is 94.6 Å². The molecule has 0 bridgehead atoms. The second-order valence-corrected chi connectivity index (χ2v) is 10.0. The first-order valence-electron chi connectivity index (χ1n) is 14.4. The number of nitrogens with two attached hydrogens (primary N) is 1. The summed E-state index contributed by atoms with van der Waals surface area (Å²) in [6.45, 7) is 7.90. The molecule has 3 rings (SSSR count). The van der Waals surface area contributed by atoms with E-state index in [1.807, 2.05) is 38.1 Å². The van der Waals surface area contributed by atoms with Crippen molar-refractivity contribution >= 4 is 17.7 Å². The third-order valence-corrected chi connectivity index (χ3v) is 6.46. The molecule has 3 aromatic carbocycles. The zero-order valence-electron chi connectivity index (χ0n) is 24.3. The number of aryl methyl sites for hydroxylation is 2. The zero-order chi connectivity index (χ0) is 29.2. The van der Waals surface area contributed by atoms with Crippen molar-refractivity contribution < 1.29 is 14.4 Å². The summed E-state index contributed by atoms with van der Waals surface area (Å²) >= 11 is 0. The number of carbonyl (C=O) groups excluding carboxylic acids is 3. The van der Waals surface area contributed by atoms with E-state index in [0.717, 1.165) is 44.9 Å². The summed E-state index contributed by atoms with van der Waals surface area (Å²) in [7, 11) is 0. The minimum absolute atomic E-state index is 0.167. The third-order valence-electron chi connectivity index (χ3n) is 6.46. The highest BCUT2D eigenvalue weighted by Crippen LogP contribution is 2.14.